The van der Waals surface area contributed by atoms with E-state index in [1.807, 2.05) is 6.92 Å². The van der Waals surface area contributed by atoms with E-state index in [9.17, 15) is 8.42 Å². The normalized spacial score (nSPS) is 14.1. The molecule has 0 aromatic heterocycles. The monoisotopic (exact) mass is 264 g/mol. The summed E-state index contributed by atoms with van der Waals surface area (Å²) in [5.41, 5.74) is 7.69. The van der Waals surface area contributed by atoms with Gasteiger partial charge in [-0.05, 0) is 39.1 Å². The maximum absolute atomic E-state index is 11.4. The molecule has 7 nitrogen and oxygen atoms in total. The summed E-state index contributed by atoms with van der Waals surface area (Å²) in [5.74, 6) is 0. The van der Waals surface area contributed by atoms with Gasteiger partial charge >= 0.3 is 10.3 Å². The molecule has 0 aromatic rings. The van der Waals surface area contributed by atoms with Crippen LogP contribution in [0.3, 0.4) is 0 Å². The number of hydrogen-bond donors (Lipinski definition) is 1. The fourth-order valence-corrected chi connectivity index (χ4v) is 2.24. The third-order valence-corrected chi connectivity index (χ3v) is 3.15. The van der Waals surface area contributed by atoms with Gasteiger partial charge in [0, 0.05) is 16.5 Å². The Morgan fingerprint density at radius 1 is 1.47 bits per heavy atom. The molecule has 100 valence electrons. The summed E-state index contributed by atoms with van der Waals surface area (Å²) in [7, 11) is -3.74. The zero-order valence-corrected chi connectivity index (χ0v) is 11.5. The fourth-order valence-electron chi connectivity index (χ4n) is 1.11. The second kappa shape index (κ2) is 6.80. The maximum Gasteiger partial charge on any atom is 0.336 e. The Kier molecular flexibility index (Phi) is 6.48. The van der Waals surface area contributed by atoms with Crippen molar-refractivity contribution in [3.8, 4) is 0 Å². The third kappa shape index (κ3) is 8.93. The summed E-state index contributed by atoms with van der Waals surface area (Å²) < 4.78 is 30.0. The lowest BCUT2D eigenvalue weighted by atomic mass is 10.1. The highest BCUT2D eigenvalue weighted by Gasteiger charge is 2.20. The van der Waals surface area contributed by atoms with Crippen LogP contribution in [0, 0.1) is 0 Å². The molecule has 0 aliphatic carbocycles. The van der Waals surface area contributed by atoms with Gasteiger partial charge in [-0.1, -0.05) is 12.0 Å². The van der Waals surface area contributed by atoms with Gasteiger partial charge < -0.3 is 0 Å². The van der Waals surface area contributed by atoms with E-state index in [1.54, 1.807) is 20.8 Å². The van der Waals surface area contributed by atoms with Gasteiger partial charge in [-0.3, -0.25) is 4.18 Å². The first-order valence-electron chi connectivity index (χ1n) is 5.42. The minimum atomic E-state index is -3.74. The smallest absolute Gasteiger partial charge is 0.258 e. The molecule has 0 aliphatic rings. The van der Waals surface area contributed by atoms with Crippen molar-refractivity contribution in [1.29, 1.82) is 0 Å². The van der Waals surface area contributed by atoms with Gasteiger partial charge in [-0.2, -0.15) is 13.1 Å². The first-order chi connectivity index (χ1) is 7.70. The van der Waals surface area contributed by atoms with Crippen molar-refractivity contribution in [3.05, 3.63) is 10.4 Å². The molecule has 0 saturated carbocycles. The van der Waals surface area contributed by atoms with Gasteiger partial charge in [0.1, 0.15) is 0 Å². The van der Waals surface area contributed by atoms with Crippen molar-refractivity contribution in [3.63, 3.8) is 0 Å². The lowest BCUT2D eigenvalue weighted by molar-refractivity contribution is 0.284. The highest BCUT2D eigenvalue weighted by atomic mass is 32.2. The standard InChI is InChI=1S/C9H20N4O3S/c1-5-8(11-13-10)6-7-16-17(14,15)12-9(2,3)4/h8,12H,5-7H2,1-4H3. The quantitative estimate of drug-likeness (QED) is 0.432. The van der Waals surface area contributed by atoms with Crippen molar-refractivity contribution in [2.75, 3.05) is 6.61 Å². The van der Waals surface area contributed by atoms with Crippen molar-refractivity contribution in [2.24, 2.45) is 5.11 Å². The molecular formula is C9H20N4O3S. The Morgan fingerprint density at radius 2 is 2.06 bits per heavy atom. The Bertz CT molecular complexity index is 368. The molecule has 0 aromatic carbocycles. The van der Waals surface area contributed by atoms with E-state index >= 15 is 0 Å². The average Bonchev–Trinajstić information content (AvgIpc) is 2.12. The Morgan fingerprint density at radius 3 is 2.47 bits per heavy atom. The topological polar surface area (TPSA) is 104 Å². The molecule has 0 radical (unpaired) electrons. The first kappa shape index (κ1) is 16.2. The molecule has 0 bridgehead atoms. The molecule has 0 spiro atoms. The van der Waals surface area contributed by atoms with Crippen LogP contribution in [0.15, 0.2) is 5.11 Å². The highest BCUT2D eigenvalue weighted by Crippen LogP contribution is 2.07. The molecule has 0 fully saturated rings. The van der Waals surface area contributed by atoms with Gasteiger partial charge in [-0.15, -0.1) is 0 Å². The summed E-state index contributed by atoms with van der Waals surface area (Å²) in [6.45, 7) is 7.04. The second-order valence-electron chi connectivity index (χ2n) is 4.68. The van der Waals surface area contributed by atoms with Gasteiger partial charge in [0.25, 0.3) is 0 Å². The fraction of sp³-hybridized carbons (Fsp3) is 1.00. The van der Waals surface area contributed by atoms with Gasteiger partial charge in [0.2, 0.25) is 0 Å². The van der Waals surface area contributed by atoms with Crippen molar-refractivity contribution >= 4 is 10.3 Å². The summed E-state index contributed by atoms with van der Waals surface area (Å²) in [6.07, 6.45) is 1.03. The van der Waals surface area contributed by atoms with Gasteiger partial charge in [0.05, 0.1) is 6.61 Å². The summed E-state index contributed by atoms with van der Waals surface area (Å²) in [5, 5.41) is 3.52. The Labute approximate surface area is 102 Å². The van der Waals surface area contributed by atoms with E-state index in [0.29, 0.717) is 12.8 Å². The van der Waals surface area contributed by atoms with E-state index in [4.69, 9.17) is 9.71 Å². The van der Waals surface area contributed by atoms with Crippen LogP contribution in [0.2, 0.25) is 0 Å². The SMILES string of the molecule is CCC(CCOS(=O)(=O)NC(C)(C)C)N=[N+]=[N-]. The molecule has 0 rings (SSSR count). The Balaban J connectivity index is 4.16. The molecule has 0 saturated heterocycles. The molecule has 0 heterocycles. The van der Waals surface area contributed by atoms with Crippen LogP contribution in [0.5, 0.6) is 0 Å². The lowest BCUT2D eigenvalue weighted by Crippen LogP contribution is -2.41. The zero-order valence-electron chi connectivity index (χ0n) is 10.7. The lowest BCUT2D eigenvalue weighted by Gasteiger charge is -2.20. The van der Waals surface area contributed by atoms with Crippen molar-refractivity contribution < 1.29 is 12.6 Å². The molecule has 1 unspecified atom stereocenters. The number of hydrogen-bond acceptors (Lipinski definition) is 4. The molecular weight excluding hydrogens is 244 g/mol. The number of nitrogens with zero attached hydrogens (tertiary/aromatic N) is 3. The van der Waals surface area contributed by atoms with E-state index in [1.165, 1.54) is 0 Å². The van der Waals surface area contributed by atoms with Crippen LogP contribution in [0.4, 0.5) is 0 Å². The minimum absolute atomic E-state index is 0.00292. The molecule has 1 atom stereocenters. The van der Waals surface area contributed by atoms with Crippen LogP contribution >= 0.6 is 0 Å². The van der Waals surface area contributed by atoms with Crippen LogP contribution in [0.1, 0.15) is 40.5 Å². The van der Waals surface area contributed by atoms with Crippen molar-refractivity contribution in [2.45, 2.75) is 52.1 Å². The Hall–Kier alpha value is -0.820. The van der Waals surface area contributed by atoms with E-state index in [2.05, 4.69) is 14.7 Å². The predicted octanol–water partition coefficient (Wildman–Crippen LogP) is 2.11. The van der Waals surface area contributed by atoms with Crippen molar-refractivity contribution in [1.82, 2.24) is 4.72 Å². The maximum atomic E-state index is 11.4. The summed E-state index contributed by atoms with van der Waals surface area (Å²) in [6, 6.07) is -0.232. The third-order valence-electron chi connectivity index (χ3n) is 1.81. The molecule has 0 amide bonds. The van der Waals surface area contributed by atoms with Gasteiger partial charge in [-0.25, -0.2) is 0 Å². The van der Waals surface area contributed by atoms with Gasteiger partial charge in [0.15, 0.2) is 0 Å². The number of azide groups is 1. The molecule has 8 heteroatoms. The summed E-state index contributed by atoms with van der Waals surface area (Å²) >= 11 is 0. The molecule has 17 heavy (non-hydrogen) atoms. The van der Waals surface area contributed by atoms with E-state index in [-0.39, 0.29) is 12.6 Å². The highest BCUT2D eigenvalue weighted by molar-refractivity contribution is 7.84. The summed E-state index contributed by atoms with van der Waals surface area (Å²) in [4.78, 5) is 2.69. The van der Waals surface area contributed by atoms with E-state index < -0.39 is 15.8 Å². The van der Waals surface area contributed by atoms with Crippen LogP contribution in [0.25, 0.3) is 10.4 Å². The number of nitrogens with one attached hydrogen (secondary N) is 1. The molecule has 0 aliphatic heterocycles. The zero-order chi connectivity index (χ0) is 13.5. The minimum Gasteiger partial charge on any atom is -0.258 e. The van der Waals surface area contributed by atoms with E-state index in [0.717, 1.165) is 0 Å². The van der Waals surface area contributed by atoms with Crippen LogP contribution in [-0.4, -0.2) is 26.6 Å². The predicted molar refractivity (Wildman–Crippen MR) is 65.6 cm³/mol. The van der Waals surface area contributed by atoms with Crippen LogP contribution in [-0.2, 0) is 14.5 Å². The van der Waals surface area contributed by atoms with Crippen LogP contribution < -0.4 is 4.72 Å². The number of rotatable bonds is 7. The average molecular weight is 264 g/mol. The first-order valence-corrected chi connectivity index (χ1v) is 6.83. The molecule has 1 N–H and O–H groups in total. The largest absolute Gasteiger partial charge is 0.336 e. The second-order valence-corrected chi connectivity index (χ2v) is 6.03.